The minimum Gasteiger partial charge on any atom is -0.462 e. The maximum Gasteiger partial charge on any atom is 0.338 e. The first-order chi connectivity index (χ1) is 15.0. The molecule has 0 atom stereocenters. The quantitative estimate of drug-likeness (QED) is 0.264. The van der Waals surface area contributed by atoms with Crippen LogP contribution >= 0.6 is 11.8 Å². The minimum absolute atomic E-state index is 0.263. The first-order valence-electron chi connectivity index (χ1n) is 10.1. The van der Waals surface area contributed by atoms with Gasteiger partial charge in [0.15, 0.2) is 5.16 Å². The highest BCUT2D eigenvalue weighted by molar-refractivity contribution is 7.98. The van der Waals surface area contributed by atoms with E-state index in [2.05, 4.69) is 23.6 Å². The molecule has 158 valence electrons. The zero-order chi connectivity index (χ0) is 21.8. The average Bonchev–Trinajstić information content (AvgIpc) is 3.10. The van der Waals surface area contributed by atoms with Crippen molar-refractivity contribution in [1.29, 1.82) is 0 Å². The number of aryl methyl sites for hydroxylation is 1. The number of halogens is 1. The Morgan fingerprint density at radius 1 is 1.10 bits per heavy atom. The first kappa shape index (κ1) is 21.1. The van der Waals surface area contributed by atoms with E-state index in [4.69, 9.17) is 9.72 Å². The Labute approximate surface area is 185 Å². The van der Waals surface area contributed by atoms with Gasteiger partial charge in [-0.2, -0.15) is 0 Å². The van der Waals surface area contributed by atoms with E-state index in [9.17, 15) is 9.18 Å². The van der Waals surface area contributed by atoms with Crippen molar-refractivity contribution in [2.75, 3.05) is 6.61 Å². The summed E-state index contributed by atoms with van der Waals surface area (Å²) in [5.74, 6) is 0.142. The van der Waals surface area contributed by atoms with E-state index >= 15 is 0 Å². The van der Waals surface area contributed by atoms with Crippen LogP contribution in [0.25, 0.3) is 11.0 Å². The van der Waals surface area contributed by atoms with E-state index in [1.54, 1.807) is 36.9 Å². The second kappa shape index (κ2) is 9.35. The molecule has 0 fully saturated rings. The maximum absolute atomic E-state index is 13.8. The largest absolute Gasteiger partial charge is 0.462 e. The molecular formula is C25H23FN2O2S. The van der Waals surface area contributed by atoms with Crippen LogP contribution in [0.5, 0.6) is 0 Å². The molecule has 0 bridgehead atoms. The molecule has 1 aromatic heterocycles. The molecule has 31 heavy (non-hydrogen) atoms. The van der Waals surface area contributed by atoms with Crippen molar-refractivity contribution in [3.63, 3.8) is 0 Å². The topological polar surface area (TPSA) is 44.1 Å². The Hall–Kier alpha value is -3.12. The molecule has 0 radical (unpaired) electrons. The van der Waals surface area contributed by atoms with Crippen molar-refractivity contribution in [2.45, 2.75) is 31.3 Å². The molecular weight excluding hydrogens is 411 g/mol. The average molecular weight is 435 g/mol. The fourth-order valence-corrected chi connectivity index (χ4v) is 4.53. The second-order valence-electron chi connectivity index (χ2n) is 7.25. The van der Waals surface area contributed by atoms with Gasteiger partial charge in [-0.1, -0.05) is 48.2 Å². The summed E-state index contributed by atoms with van der Waals surface area (Å²) in [5.41, 5.74) is 5.40. The van der Waals surface area contributed by atoms with E-state index < -0.39 is 0 Å². The van der Waals surface area contributed by atoms with Gasteiger partial charge in [0.05, 0.1) is 29.7 Å². The number of hydrogen-bond donors (Lipinski definition) is 0. The highest BCUT2D eigenvalue weighted by atomic mass is 32.2. The van der Waals surface area contributed by atoms with E-state index in [0.29, 0.717) is 24.2 Å². The monoisotopic (exact) mass is 434 g/mol. The molecule has 4 rings (SSSR count). The molecule has 4 nitrogen and oxygen atoms in total. The van der Waals surface area contributed by atoms with Gasteiger partial charge in [-0.15, -0.1) is 0 Å². The number of carbonyl (C=O) groups excluding carboxylic acids is 1. The number of carbonyl (C=O) groups is 1. The Bertz CT molecular complexity index is 1240. The van der Waals surface area contributed by atoms with Crippen molar-refractivity contribution < 1.29 is 13.9 Å². The number of hydrogen-bond acceptors (Lipinski definition) is 4. The van der Waals surface area contributed by atoms with E-state index in [1.165, 1.54) is 23.3 Å². The van der Waals surface area contributed by atoms with Crippen LogP contribution in [0.3, 0.4) is 0 Å². The second-order valence-corrected chi connectivity index (χ2v) is 8.19. The number of thioether (sulfide) groups is 1. The third-order valence-electron chi connectivity index (χ3n) is 5.07. The fourth-order valence-electron chi connectivity index (χ4n) is 3.44. The van der Waals surface area contributed by atoms with Gasteiger partial charge in [0.25, 0.3) is 0 Å². The highest BCUT2D eigenvalue weighted by Gasteiger charge is 2.16. The lowest BCUT2D eigenvalue weighted by molar-refractivity contribution is 0.0526. The van der Waals surface area contributed by atoms with Crippen molar-refractivity contribution >= 4 is 28.8 Å². The maximum atomic E-state index is 13.8. The lowest BCUT2D eigenvalue weighted by atomic mass is 10.1. The molecule has 6 heteroatoms. The Morgan fingerprint density at radius 3 is 2.71 bits per heavy atom. The number of esters is 1. The smallest absolute Gasteiger partial charge is 0.338 e. The van der Waals surface area contributed by atoms with E-state index in [0.717, 1.165) is 22.0 Å². The van der Waals surface area contributed by atoms with Crippen LogP contribution in [0.2, 0.25) is 0 Å². The normalized spacial score (nSPS) is 11.1. The van der Waals surface area contributed by atoms with Crippen LogP contribution < -0.4 is 0 Å². The molecule has 4 aromatic rings. The minimum atomic E-state index is -0.363. The lowest BCUT2D eigenvalue weighted by Gasteiger charge is -2.10. The third-order valence-corrected chi connectivity index (χ3v) is 6.10. The number of benzene rings is 3. The van der Waals surface area contributed by atoms with Gasteiger partial charge in [-0.05, 0) is 60.9 Å². The zero-order valence-electron chi connectivity index (χ0n) is 17.5. The number of nitrogens with zero attached hydrogens (tertiary/aromatic N) is 2. The van der Waals surface area contributed by atoms with Crippen LogP contribution in [-0.2, 0) is 17.0 Å². The summed E-state index contributed by atoms with van der Waals surface area (Å²) in [6, 6.07) is 20.2. The third kappa shape index (κ3) is 4.80. The van der Waals surface area contributed by atoms with Gasteiger partial charge in [0.2, 0.25) is 0 Å². The van der Waals surface area contributed by atoms with E-state index in [-0.39, 0.29) is 11.8 Å². The molecule has 0 N–H and O–H groups in total. The summed E-state index contributed by atoms with van der Waals surface area (Å²) in [4.78, 5) is 17.0. The standard InChI is InChI=1S/C25H23FN2O2S/c1-3-30-24(29)19-11-12-23-22(14-19)27-25(31-16-20-9-5-4-7-17(20)2)28(23)15-18-8-6-10-21(26)13-18/h4-14H,3,15-16H2,1-2H3. The SMILES string of the molecule is CCOC(=O)c1ccc2c(c1)nc(SCc1ccccc1C)n2Cc1cccc(F)c1. The summed E-state index contributed by atoms with van der Waals surface area (Å²) in [5, 5.41) is 0.823. The Morgan fingerprint density at radius 2 is 1.94 bits per heavy atom. The number of fused-ring (bicyclic) bond motifs is 1. The van der Waals surface area contributed by atoms with Gasteiger partial charge < -0.3 is 9.30 Å². The van der Waals surface area contributed by atoms with Gasteiger partial charge in [0.1, 0.15) is 5.82 Å². The molecule has 0 saturated heterocycles. The van der Waals surface area contributed by atoms with Crippen LogP contribution in [0.1, 0.15) is 34.0 Å². The first-order valence-corrected chi connectivity index (χ1v) is 11.1. The predicted octanol–water partition coefficient (Wildman–Crippen LogP) is 6.00. The molecule has 0 aliphatic carbocycles. The molecule has 1 heterocycles. The summed E-state index contributed by atoms with van der Waals surface area (Å²) >= 11 is 1.63. The summed E-state index contributed by atoms with van der Waals surface area (Å²) in [7, 11) is 0. The fraction of sp³-hybridized carbons (Fsp3) is 0.200. The number of aromatic nitrogens is 2. The molecule has 0 amide bonds. The highest BCUT2D eigenvalue weighted by Crippen LogP contribution is 2.29. The number of ether oxygens (including phenoxy) is 1. The summed E-state index contributed by atoms with van der Waals surface area (Å²) < 4.78 is 20.9. The van der Waals surface area contributed by atoms with Crippen molar-refractivity contribution in [2.24, 2.45) is 0 Å². The van der Waals surface area contributed by atoms with E-state index in [1.807, 2.05) is 24.3 Å². The summed E-state index contributed by atoms with van der Waals surface area (Å²) in [6.07, 6.45) is 0. The summed E-state index contributed by atoms with van der Waals surface area (Å²) in [6.45, 7) is 4.69. The van der Waals surface area contributed by atoms with Crippen LogP contribution in [0.15, 0.2) is 71.9 Å². The number of imidazole rings is 1. The molecule has 0 saturated carbocycles. The van der Waals surface area contributed by atoms with Gasteiger partial charge in [-0.3, -0.25) is 0 Å². The van der Waals surface area contributed by atoms with Crippen molar-refractivity contribution in [3.05, 3.63) is 94.8 Å². The van der Waals surface area contributed by atoms with Gasteiger partial charge in [0, 0.05) is 5.75 Å². The Balaban J connectivity index is 1.72. The molecule has 0 spiro atoms. The van der Waals surface area contributed by atoms with Crippen LogP contribution in [0.4, 0.5) is 4.39 Å². The van der Waals surface area contributed by atoms with Crippen LogP contribution in [0, 0.1) is 12.7 Å². The number of rotatable bonds is 7. The molecule has 0 aliphatic rings. The van der Waals surface area contributed by atoms with Crippen molar-refractivity contribution in [3.8, 4) is 0 Å². The van der Waals surface area contributed by atoms with Crippen LogP contribution in [-0.4, -0.2) is 22.1 Å². The van der Waals surface area contributed by atoms with Crippen molar-refractivity contribution in [1.82, 2.24) is 9.55 Å². The Kier molecular flexibility index (Phi) is 6.37. The lowest BCUT2D eigenvalue weighted by Crippen LogP contribution is -2.05. The van der Waals surface area contributed by atoms with Gasteiger partial charge in [-0.25, -0.2) is 14.2 Å². The molecule has 0 unspecified atom stereocenters. The van der Waals surface area contributed by atoms with Gasteiger partial charge >= 0.3 is 5.97 Å². The zero-order valence-corrected chi connectivity index (χ0v) is 18.3. The molecule has 0 aliphatic heterocycles. The predicted molar refractivity (Wildman–Crippen MR) is 122 cm³/mol. The molecule has 3 aromatic carbocycles.